The van der Waals surface area contributed by atoms with E-state index in [0.29, 0.717) is 5.76 Å². The molecule has 0 aliphatic heterocycles. The summed E-state index contributed by atoms with van der Waals surface area (Å²) in [7, 11) is 0. The topological polar surface area (TPSA) is 124 Å². The molecule has 9 nitrogen and oxygen atoms in total. The lowest BCUT2D eigenvalue weighted by molar-refractivity contribution is -0.394. The van der Waals surface area contributed by atoms with Crippen LogP contribution in [0.5, 0.6) is 0 Å². The number of aromatic nitrogens is 3. The van der Waals surface area contributed by atoms with Crippen LogP contribution in [0.4, 0.5) is 5.95 Å². The Bertz CT molecular complexity index is 619. The highest BCUT2D eigenvalue weighted by Gasteiger charge is 2.20. The van der Waals surface area contributed by atoms with E-state index in [-0.39, 0.29) is 17.0 Å². The van der Waals surface area contributed by atoms with Crippen molar-refractivity contribution in [3.05, 3.63) is 38.5 Å². The number of nitrogens with zero attached hydrogens (tertiary/aromatic N) is 4. The minimum absolute atomic E-state index is 0.0364. The molecule has 0 spiro atoms. The van der Waals surface area contributed by atoms with Crippen molar-refractivity contribution < 1.29 is 19.2 Å². The Morgan fingerprint density at radius 3 is 2.83 bits per heavy atom. The van der Waals surface area contributed by atoms with Crippen molar-refractivity contribution in [2.45, 2.75) is 6.54 Å². The molecule has 18 heavy (non-hydrogen) atoms. The standard InChI is InChI=1S/C8H5BrN4O5/c9-7-10-8(13(16)17)11-12(7)3-4-1-2-5(18-4)6(14)15/h1-2H,3H2,(H,14,15). The van der Waals surface area contributed by atoms with Crippen molar-refractivity contribution in [2.75, 3.05) is 0 Å². The van der Waals surface area contributed by atoms with E-state index in [1.807, 2.05) is 0 Å². The zero-order chi connectivity index (χ0) is 13.3. The van der Waals surface area contributed by atoms with Gasteiger partial charge in [0.2, 0.25) is 5.76 Å². The first-order valence-electron chi connectivity index (χ1n) is 4.54. The molecule has 2 heterocycles. The van der Waals surface area contributed by atoms with E-state index in [4.69, 9.17) is 9.52 Å². The summed E-state index contributed by atoms with van der Waals surface area (Å²) in [6, 6.07) is 2.74. The third-order valence-corrected chi connectivity index (χ3v) is 2.54. The van der Waals surface area contributed by atoms with Crippen molar-refractivity contribution in [1.29, 1.82) is 0 Å². The molecule has 0 fully saturated rings. The fourth-order valence-electron chi connectivity index (χ4n) is 1.22. The Balaban J connectivity index is 2.22. The molecule has 0 radical (unpaired) electrons. The maximum Gasteiger partial charge on any atom is 0.492 e. The average molecular weight is 317 g/mol. The number of rotatable bonds is 4. The molecule has 0 aliphatic carbocycles. The van der Waals surface area contributed by atoms with Crippen LogP contribution in [0.25, 0.3) is 0 Å². The van der Waals surface area contributed by atoms with Gasteiger partial charge in [-0.1, -0.05) is 0 Å². The van der Waals surface area contributed by atoms with Crippen LogP contribution in [0.15, 0.2) is 21.3 Å². The zero-order valence-electron chi connectivity index (χ0n) is 8.61. The second-order valence-electron chi connectivity index (χ2n) is 3.17. The molecule has 0 unspecified atom stereocenters. The van der Waals surface area contributed by atoms with Gasteiger partial charge >= 0.3 is 11.9 Å². The van der Waals surface area contributed by atoms with Crippen molar-refractivity contribution in [1.82, 2.24) is 14.8 Å². The molecular weight excluding hydrogens is 312 g/mol. The highest BCUT2D eigenvalue weighted by atomic mass is 79.9. The van der Waals surface area contributed by atoms with Crippen LogP contribution in [-0.4, -0.2) is 30.8 Å². The largest absolute Gasteiger partial charge is 0.492 e. The predicted octanol–water partition coefficient (Wildman–Crippen LogP) is 1.29. The number of carboxylic acid groups (broad SMARTS) is 1. The van der Waals surface area contributed by atoms with E-state index >= 15 is 0 Å². The molecule has 0 bridgehead atoms. The molecule has 10 heteroatoms. The molecule has 0 amide bonds. The molecule has 1 N–H and O–H groups in total. The summed E-state index contributed by atoms with van der Waals surface area (Å²) in [6.45, 7) is 0.0364. The van der Waals surface area contributed by atoms with Gasteiger partial charge in [-0.3, -0.25) is 0 Å². The predicted molar refractivity (Wildman–Crippen MR) is 59.1 cm³/mol. The van der Waals surface area contributed by atoms with Gasteiger partial charge in [0.05, 0.1) is 0 Å². The lowest BCUT2D eigenvalue weighted by atomic mass is 10.4. The van der Waals surface area contributed by atoms with Crippen molar-refractivity contribution >= 4 is 27.8 Å². The summed E-state index contributed by atoms with van der Waals surface area (Å²) < 4.78 is 6.33. The highest BCUT2D eigenvalue weighted by molar-refractivity contribution is 9.10. The third kappa shape index (κ3) is 2.37. The number of nitro groups is 1. The Kier molecular flexibility index (Phi) is 3.10. The van der Waals surface area contributed by atoms with E-state index in [9.17, 15) is 14.9 Å². The monoisotopic (exact) mass is 316 g/mol. The van der Waals surface area contributed by atoms with Gasteiger partial charge in [0.25, 0.3) is 4.73 Å². The van der Waals surface area contributed by atoms with Crippen LogP contribution in [0.1, 0.15) is 16.3 Å². The van der Waals surface area contributed by atoms with E-state index in [2.05, 4.69) is 26.0 Å². The van der Waals surface area contributed by atoms with Gasteiger partial charge in [-0.2, -0.15) is 4.68 Å². The fraction of sp³-hybridized carbons (Fsp3) is 0.125. The minimum atomic E-state index is -1.19. The quantitative estimate of drug-likeness (QED) is 0.665. The Hall–Kier alpha value is -2.23. The van der Waals surface area contributed by atoms with Crippen LogP contribution < -0.4 is 0 Å². The van der Waals surface area contributed by atoms with E-state index in [1.54, 1.807) is 0 Å². The number of aromatic carboxylic acids is 1. The summed E-state index contributed by atoms with van der Waals surface area (Å²) in [4.78, 5) is 23.9. The fourth-order valence-corrected chi connectivity index (χ4v) is 1.58. The van der Waals surface area contributed by atoms with Gasteiger partial charge in [0.15, 0.2) is 0 Å². The second-order valence-corrected chi connectivity index (χ2v) is 3.88. The van der Waals surface area contributed by atoms with E-state index in [1.165, 1.54) is 16.8 Å². The van der Waals surface area contributed by atoms with Crippen molar-refractivity contribution in [2.24, 2.45) is 0 Å². The molecule has 0 atom stereocenters. The summed E-state index contributed by atoms with van der Waals surface area (Å²) in [5.41, 5.74) is 0. The number of halogens is 1. The number of hydrogen-bond acceptors (Lipinski definition) is 6. The average Bonchev–Trinajstić information content (AvgIpc) is 2.87. The first-order valence-corrected chi connectivity index (χ1v) is 5.33. The van der Waals surface area contributed by atoms with Crippen molar-refractivity contribution in [3.63, 3.8) is 0 Å². The molecule has 2 rings (SSSR count). The first kappa shape index (κ1) is 12.2. The van der Waals surface area contributed by atoms with Gasteiger partial charge in [0.1, 0.15) is 12.3 Å². The molecule has 2 aromatic heterocycles. The summed E-state index contributed by atoms with van der Waals surface area (Å²) in [5.74, 6) is -1.65. The van der Waals surface area contributed by atoms with Crippen LogP contribution in [0, 0.1) is 10.1 Å². The van der Waals surface area contributed by atoms with Crippen LogP contribution in [0.3, 0.4) is 0 Å². The van der Waals surface area contributed by atoms with Crippen molar-refractivity contribution in [3.8, 4) is 0 Å². The smallest absolute Gasteiger partial charge is 0.475 e. The zero-order valence-corrected chi connectivity index (χ0v) is 10.2. The second kappa shape index (κ2) is 4.56. The van der Waals surface area contributed by atoms with Crippen LogP contribution >= 0.6 is 15.9 Å². The molecule has 0 saturated carbocycles. The number of carboxylic acids is 1. The normalized spacial score (nSPS) is 10.5. The van der Waals surface area contributed by atoms with E-state index < -0.39 is 16.8 Å². The molecule has 0 aliphatic rings. The number of furan rings is 1. The molecule has 2 aromatic rings. The van der Waals surface area contributed by atoms with Gasteiger partial charge in [-0.25, -0.2) is 4.79 Å². The van der Waals surface area contributed by atoms with Gasteiger partial charge in [-0.05, 0) is 22.0 Å². The maximum absolute atomic E-state index is 10.6. The SMILES string of the molecule is O=C(O)c1ccc(Cn2nc([N+](=O)[O-])nc2Br)o1. The Labute approximate surface area is 107 Å². The molecule has 94 valence electrons. The highest BCUT2D eigenvalue weighted by Crippen LogP contribution is 2.15. The molecule has 0 saturated heterocycles. The maximum atomic E-state index is 10.6. The van der Waals surface area contributed by atoms with Gasteiger partial charge in [-0.15, -0.1) is 0 Å². The molecule has 0 aromatic carbocycles. The summed E-state index contributed by atoms with van der Waals surface area (Å²) in [6.07, 6.45) is 0. The van der Waals surface area contributed by atoms with Gasteiger partial charge < -0.3 is 19.6 Å². The Morgan fingerprint density at radius 2 is 2.33 bits per heavy atom. The van der Waals surface area contributed by atoms with Crippen LogP contribution in [0.2, 0.25) is 0 Å². The summed E-state index contributed by atoms with van der Waals surface area (Å²) in [5, 5.41) is 22.7. The lowest BCUT2D eigenvalue weighted by Crippen LogP contribution is -2.02. The minimum Gasteiger partial charge on any atom is -0.475 e. The third-order valence-electron chi connectivity index (χ3n) is 1.96. The summed E-state index contributed by atoms with van der Waals surface area (Å²) >= 11 is 3.01. The molecular formula is C8H5BrN4O5. The Morgan fingerprint density at radius 1 is 1.61 bits per heavy atom. The van der Waals surface area contributed by atoms with E-state index in [0.717, 1.165) is 0 Å². The van der Waals surface area contributed by atoms with Gasteiger partial charge in [0, 0.05) is 21.0 Å². The lowest BCUT2D eigenvalue weighted by Gasteiger charge is -1.93. The number of carbonyl (C=O) groups is 1. The van der Waals surface area contributed by atoms with Crippen LogP contribution in [-0.2, 0) is 6.54 Å². The number of hydrogen-bond donors (Lipinski definition) is 1. The first-order chi connectivity index (χ1) is 8.47.